The molecule has 7 heteroatoms. The molecule has 0 spiro atoms. The summed E-state index contributed by atoms with van der Waals surface area (Å²) in [6.07, 6.45) is 3.29. The van der Waals surface area contributed by atoms with E-state index in [1.54, 1.807) is 17.0 Å². The lowest BCUT2D eigenvalue weighted by Gasteiger charge is -2.39. The van der Waals surface area contributed by atoms with Gasteiger partial charge < -0.3 is 14.4 Å². The van der Waals surface area contributed by atoms with Crippen molar-refractivity contribution in [2.75, 3.05) is 32.8 Å². The zero-order valence-corrected chi connectivity index (χ0v) is 19.8. The fraction of sp³-hybridized carbons (Fsp3) is 0.640. The second kappa shape index (κ2) is 10.0. The van der Waals surface area contributed by atoms with Crippen LogP contribution in [0.25, 0.3) is 0 Å². The minimum atomic E-state index is -0.725. The van der Waals surface area contributed by atoms with Gasteiger partial charge in [0.2, 0.25) is 0 Å². The van der Waals surface area contributed by atoms with Gasteiger partial charge in [-0.3, -0.25) is 19.3 Å². The zero-order valence-electron chi connectivity index (χ0n) is 19.8. The molecule has 0 bridgehead atoms. The number of rotatable bonds is 6. The molecule has 1 aromatic carbocycles. The highest BCUT2D eigenvalue weighted by Gasteiger charge is 2.41. The molecule has 1 amide bonds. The van der Waals surface area contributed by atoms with Crippen LogP contribution >= 0.6 is 0 Å². The summed E-state index contributed by atoms with van der Waals surface area (Å²) < 4.78 is 11.2. The highest BCUT2D eigenvalue weighted by atomic mass is 16.6. The van der Waals surface area contributed by atoms with Crippen LogP contribution < -0.4 is 0 Å². The Bertz CT molecular complexity index is 819. The van der Waals surface area contributed by atoms with Gasteiger partial charge in [0.25, 0.3) is 5.91 Å². The summed E-state index contributed by atoms with van der Waals surface area (Å²) in [7, 11) is 0. The van der Waals surface area contributed by atoms with Crippen molar-refractivity contribution in [2.45, 2.75) is 65.0 Å². The standard InChI is InChI=1S/C25H36N2O5/c1-24(2,3)32-21(28)16-26-14-8-12-20(26)17-31-23(30)25(4)13-9-15-27(18-25)22(29)19-10-6-5-7-11-19/h5-7,10-11,20H,8-9,12-18H2,1-4H3/t20-,25+/m1/s1. The lowest BCUT2D eigenvalue weighted by Crippen LogP contribution is -2.49. The Hall–Kier alpha value is -2.41. The maximum absolute atomic E-state index is 13.0. The fourth-order valence-corrected chi connectivity index (χ4v) is 4.52. The molecule has 2 aliphatic rings. The normalized spacial score (nSPS) is 24.2. The fourth-order valence-electron chi connectivity index (χ4n) is 4.52. The van der Waals surface area contributed by atoms with Crippen LogP contribution in [0.5, 0.6) is 0 Å². The molecule has 0 N–H and O–H groups in total. The second-order valence-corrected chi connectivity index (χ2v) is 10.2. The quantitative estimate of drug-likeness (QED) is 0.627. The first-order valence-corrected chi connectivity index (χ1v) is 11.5. The van der Waals surface area contributed by atoms with Crippen molar-refractivity contribution in [3.8, 4) is 0 Å². The number of carbonyl (C=O) groups excluding carboxylic acids is 3. The molecule has 1 aromatic rings. The number of hydrogen-bond acceptors (Lipinski definition) is 6. The van der Waals surface area contributed by atoms with Crippen LogP contribution in [0, 0.1) is 5.41 Å². The number of esters is 2. The summed E-state index contributed by atoms with van der Waals surface area (Å²) >= 11 is 0. The van der Waals surface area contributed by atoms with E-state index in [9.17, 15) is 14.4 Å². The van der Waals surface area contributed by atoms with Gasteiger partial charge in [-0.1, -0.05) is 18.2 Å². The van der Waals surface area contributed by atoms with Crippen LogP contribution in [-0.4, -0.2) is 72.1 Å². The third-order valence-corrected chi connectivity index (χ3v) is 6.16. The van der Waals surface area contributed by atoms with E-state index in [1.807, 2.05) is 50.8 Å². The largest absolute Gasteiger partial charge is 0.464 e. The first-order valence-electron chi connectivity index (χ1n) is 11.5. The Kier molecular flexibility index (Phi) is 7.59. The highest BCUT2D eigenvalue weighted by Crippen LogP contribution is 2.32. The number of benzene rings is 1. The van der Waals surface area contributed by atoms with E-state index in [0.717, 1.165) is 25.8 Å². The molecule has 32 heavy (non-hydrogen) atoms. The number of carbonyl (C=O) groups is 3. The zero-order chi connectivity index (χ0) is 23.4. The Morgan fingerprint density at radius 1 is 1.09 bits per heavy atom. The van der Waals surface area contributed by atoms with Gasteiger partial charge in [-0.05, 0) is 72.1 Å². The molecule has 0 aliphatic carbocycles. The molecule has 2 atom stereocenters. The second-order valence-electron chi connectivity index (χ2n) is 10.2. The van der Waals surface area contributed by atoms with Gasteiger partial charge in [-0.2, -0.15) is 0 Å². The SMILES string of the molecule is CC(C)(C)OC(=O)CN1CCC[C@@H]1COC(=O)[C@@]1(C)CCCN(C(=O)c2ccccc2)C1. The van der Waals surface area contributed by atoms with E-state index in [1.165, 1.54) is 0 Å². The van der Waals surface area contributed by atoms with Crippen molar-refractivity contribution in [1.82, 2.24) is 9.80 Å². The van der Waals surface area contributed by atoms with Gasteiger partial charge in [0.05, 0.1) is 12.0 Å². The van der Waals surface area contributed by atoms with Crippen LogP contribution in [0.2, 0.25) is 0 Å². The molecule has 0 unspecified atom stereocenters. The Morgan fingerprint density at radius 3 is 2.50 bits per heavy atom. The molecule has 0 saturated carbocycles. The molecule has 3 rings (SSSR count). The van der Waals surface area contributed by atoms with E-state index >= 15 is 0 Å². The number of amides is 1. The minimum absolute atomic E-state index is 0.0145. The van der Waals surface area contributed by atoms with Gasteiger partial charge in [0.15, 0.2) is 0 Å². The number of ether oxygens (including phenoxy) is 2. The number of nitrogens with zero attached hydrogens (tertiary/aromatic N) is 2. The number of piperidine rings is 1. The molecule has 7 nitrogen and oxygen atoms in total. The molecule has 2 saturated heterocycles. The van der Waals surface area contributed by atoms with Gasteiger partial charge in [-0.25, -0.2) is 0 Å². The van der Waals surface area contributed by atoms with Gasteiger partial charge >= 0.3 is 11.9 Å². The third kappa shape index (κ3) is 6.31. The van der Waals surface area contributed by atoms with Crippen molar-refractivity contribution < 1.29 is 23.9 Å². The molecular formula is C25H36N2O5. The van der Waals surface area contributed by atoms with Crippen molar-refractivity contribution in [2.24, 2.45) is 5.41 Å². The molecule has 2 heterocycles. The number of likely N-dealkylation sites (tertiary alicyclic amines) is 2. The lowest BCUT2D eigenvalue weighted by atomic mass is 9.81. The van der Waals surface area contributed by atoms with Crippen LogP contribution in [0.4, 0.5) is 0 Å². The Labute approximate surface area is 191 Å². The maximum atomic E-state index is 13.0. The average molecular weight is 445 g/mol. The first-order chi connectivity index (χ1) is 15.1. The van der Waals surface area contributed by atoms with Crippen LogP contribution in [-0.2, 0) is 19.1 Å². The van der Waals surface area contributed by atoms with Gasteiger partial charge in [0, 0.05) is 24.7 Å². The molecule has 2 aliphatic heterocycles. The molecular weight excluding hydrogens is 408 g/mol. The number of hydrogen-bond donors (Lipinski definition) is 0. The third-order valence-electron chi connectivity index (χ3n) is 6.16. The summed E-state index contributed by atoms with van der Waals surface area (Å²) in [5, 5.41) is 0. The summed E-state index contributed by atoms with van der Waals surface area (Å²) in [6.45, 7) is 9.68. The maximum Gasteiger partial charge on any atom is 0.320 e. The highest BCUT2D eigenvalue weighted by molar-refractivity contribution is 5.94. The first kappa shape index (κ1) is 24.2. The van der Waals surface area contributed by atoms with E-state index in [2.05, 4.69) is 0 Å². The minimum Gasteiger partial charge on any atom is -0.464 e. The molecule has 0 radical (unpaired) electrons. The summed E-state index contributed by atoms with van der Waals surface area (Å²) in [6, 6.07) is 9.17. The van der Waals surface area contributed by atoms with Crippen molar-refractivity contribution in [3.63, 3.8) is 0 Å². The predicted octanol–water partition coefficient (Wildman–Crippen LogP) is 3.28. The van der Waals surface area contributed by atoms with Crippen molar-refractivity contribution >= 4 is 17.8 Å². The van der Waals surface area contributed by atoms with Crippen LogP contribution in [0.15, 0.2) is 30.3 Å². The predicted molar refractivity (Wildman–Crippen MR) is 121 cm³/mol. The summed E-state index contributed by atoms with van der Waals surface area (Å²) in [5.41, 5.74) is -0.608. The van der Waals surface area contributed by atoms with E-state index < -0.39 is 11.0 Å². The lowest BCUT2D eigenvalue weighted by molar-refractivity contribution is -0.160. The Balaban J connectivity index is 1.54. The van der Waals surface area contributed by atoms with Crippen molar-refractivity contribution in [3.05, 3.63) is 35.9 Å². The molecule has 0 aromatic heterocycles. The van der Waals surface area contributed by atoms with E-state index in [4.69, 9.17) is 9.47 Å². The van der Waals surface area contributed by atoms with Crippen LogP contribution in [0.3, 0.4) is 0 Å². The van der Waals surface area contributed by atoms with E-state index in [-0.39, 0.29) is 37.0 Å². The molecule has 2 fully saturated rings. The van der Waals surface area contributed by atoms with Crippen LogP contribution in [0.1, 0.15) is 63.7 Å². The van der Waals surface area contributed by atoms with E-state index in [0.29, 0.717) is 25.1 Å². The average Bonchev–Trinajstić information content (AvgIpc) is 3.17. The topological polar surface area (TPSA) is 76.2 Å². The monoisotopic (exact) mass is 444 g/mol. The Morgan fingerprint density at radius 2 is 1.81 bits per heavy atom. The van der Waals surface area contributed by atoms with Gasteiger partial charge in [-0.15, -0.1) is 0 Å². The van der Waals surface area contributed by atoms with Crippen molar-refractivity contribution in [1.29, 1.82) is 0 Å². The van der Waals surface area contributed by atoms with Gasteiger partial charge in [0.1, 0.15) is 12.2 Å². The molecule has 176 valence electrons. The summed E-state index contributed by atoms with van der Waals surface area (Å²) in [5.74, 6) is -0.583. The smallest absolute Gasteiger partial charge is 0.320 e. The summed E-state index contributed by atoms with van der Waals surface area (Å²) in [4.78, 5) is 41.9.